The van der Waals surface area contributed by atoms with Gasteiger partial charge in [-0.3, -0.25) is 9.59 Å². The van der Waals surface area contributed by atoms with Crippen molar-refractivity contribution in [2.24, 2.45) is 0 Å². The van der Waals surface area contributed by atoms with Crippen molar-refractivity contribution in [3.8, 4) is 0 Å². The van der Waals surface area contributed by atoms with Crippen molar-refractivity contribution in [1.82, 2.24) is 5.32 Å². The van der Waals surface area contributed by atoms with Gasteiger partial charge in [0.15, 0.2) is 0 Å². The van der Waals surface area contributed by atoms with E-state index in [1.54, 1.807) is 6.07 Å². The van der Waals surface area contributed by atoms with Gasteiger partial charge in [0.1, 0.15) is 0 Å². The molecule has 2 N–H and O–H groups in total. The van der Waals surface area contributed by atoms with E-state index >= 15 is 0 Å². The second kappa shape index (κ2) is 7.94. The van der Waals surface area contributed by atoms with E-state index in [1.807, 2.05) is 19.1 Å². The van der Waals surface area contributed by atoms with Crippen LogP contribution in [0.15, 0.2) is 22.7 Å². The van der Waals surface area contributed by atoms with Gasteiger partial charge in [0.2, 0.25) is 0 Å². The van der Waals surface area contributed by atoms with Crippen LogP contribution in [0.5, 0.6) is 0 Å². The Morgan fingerprint density at radius 2 is 1.95 bits per heavy atom. The molecule has 104 valence electrons. The highest BCUT2D eigenvalue weighted by Crippen LogP contribution is 2.15. The molecule has 1 aromatic carbocycles. The molecule has 0 spiro atoms. The largest absolute Gasteiger partial charge is 0.481 e. The minimum Gasteiger partial charge on any atom is -0.481 e. The lowest BCUT2D eigenvalue weighted by molar-refractivity contribution is -0.137. The molecule has 0 heterocycles. The van der Waals surface area contributed by atoms with Crippen LogP contribution in [0.2, 0.25) is 0 Å². The number of aliphatic carboxylic acids is 1. The number of benzene rings is 1. The van der Waals surface area contributed by atoms with Crippen LogP contribution in [0.25, 0.3) is 0 Å². The molecule has 0 aliphatic heterocycles. The van der Waals surface area contributed by atoms with Gasteiger partial charge < -0.3 is 10.4 Å². The van der Waals surface area contributed by atoms with Gasteiger partial charge in [0, 0.05) is 23.0 Å². The first kappa shape index (κ1) is 15.7. The number of carboxylic acid groups (broad SMARTS) is 1. The van der Waals surface area contributed by atoms with Gasteiger partial charge in [-0.25, -0.2) is 0 Å². The molecule has 0 unspecified atom stereocenters. The monoisotopic (exact) mass is 327 g/mol. The average Bonchev–Trinajstić information content (AvgIpc) is 2.31. The smallest absolute Gasteiger partial charge is 0.303 e. The highest BCUT2D eigenvalue weighted by atomic mass is 79.9. The van der Waals surface area contributed by atoms with Crippen LogP contribution in [0, 0.1) is 6.92 Å². The van der Waals surface area contributed by atoms with Crippen LogP contribution in [0.1, 0.15) is 41.6 Å². The Hall–Kier alpha value is -1.36. The summed E-state index contributed by atoms with van der Waals surface area (Å²) in [5, 5.41) is 11.3. The molecule has 0 aromatic heterocycles. The van der Waals surface area contributed by atoms with E-state index in [1.165, 1.54) is 0 Å². The van der Waals surface area contributed by atoms with E-state index in [0.29, 0.717) is 18.5 Å². The fourth-order valence-corrected chi connectivity index (χ4v) is 2.36. The Bertz CT molecular complexity index is 440. The Kier molecular flexibility index (Phi) is 6.56. The summed E-state index contributed by atoms with van der Waals surface area (Å²) in [6, 6.07) is 5.57. The van der Waals surface area contributed by atoms with Gasteiger partial charge in [0.05, 0.1) is 0 Å². The standard InChI is InChI=1S/C14H18BrNO3/c1-10-7-11(9-12(15)8-10)14(19)16-6-4-2-3-5-13(17)18/h7-9H,2-6H2,1H3,(H,16,19)(H,17,18). The molecule has 0 aliphatic carbocycles. The molecule has 0 saturated heterocycles. The van der Waals surface area contributed by atoms with Crippen LogP contribution >= 0.6 is 15.9 Å². The highest BCUT2D eigenvalue weighted by molar-refractivity contribution is 9.10. The number of hydrogen-bond donors (Lipinski definition) is 2. The fourth-order valence-electron chi connectivity index (χ4n) is 1.75. The normalized spacial score (nSPS) is 10.2. The summed E-state index contributed by atoms with van der Waals surface area (Å²) >= 11 is 3.36. The molecule has 0 aliphatic rings. The third-order valence-electron chi connectivity index (χ3n) is 2.66. The number of unbranched alkanes of at least 4 members (excludes halogenated alkanes) is 2. The average molecular weight is 328 g/mol. The van der Waals surface area contributed by atoms with Gasteiger partial charge in [-0.05, 0) is 43.5 Å². The van der Waals surface area contributed by atoms with Crippen molar-refractivity contribution in [3.05, 3.63) is 33.8 Å². The molecule has 0 saturated carbocycles. The van der Waals surface area contributed by atoms with Gasteiger partial charge >= 0.3 is 5.97 Å². The summed E-state index contributed by atoms with van der Waals surface area (Å²) in [5.74, 6) is -0.865. The molecule has 1 rings (SSSR count). The SMILES string of the molecule is Cc1cc(Br)cc(C(=O)NCCCCCC(=O)O)c1. The number of rotatable bonds is 7. The summed E-state index contributed by atoms with van der Waals surface area (Å²) in [5.41, 5.74) is 1.67. The zero-order chi connectivity index (χ0) is 14.3. The zero-order valence-corrected chi connectivity index (χ0v) is 12.5. The number of amides is 1. The van der Waals surface area contributed by atoms with Crippen LogP contribution in [0.3, 0.4) is 0 Å². The van der Waals surface area contributed by atoms with E-state index in [0.717, 1.165) is 22.9 Å². The molecule has 0 atom stereocenters. The molecule has 19 heavy (non-hydrogen) atoms. The van der Waals surface area contributed by atoms with Crippen LogP contribution in [-0.4, -0.2) is 23.5 Å². The van der Waals surface area contributed by atoms with E-state index in [4.69, 9.17) is 5.11 Å². The van der Waals surface area contributed by atoms with Crippen molar-refractivity contribution < 1.29 is 14.7 Å². The van der Waals surface area contributed by atoms with Crippen LogP contribution < -0.4 is 5.32 Å². The molecule has 0 radical (unpaired) electrons. The Labute approximate surface area is 121 Å². The number of nitrogens with one attached hydrogen (secondary N) is 1. The maximum absolute atomic E-state index is 11.9. The van der Waals surface area contributed by atoms with Gasteiger partial charge in [0.25, 0.3) is 5.91 Å². The summed E-state index contributed by atoms with van der Waals surface area (Å²) in [7, 11) is 0. The summed E-state index contributed by atoms with van der Waals surface area (Å²) in [6.07, 6.45) is 2.45. The molecule has 0 fully saturated rings. The Morgan fingerprint density at radius 3 is 2.58 bits per heavy atom. The number of halogens is 1. The molecular formula is C14H18BrNO3. The quantitative estimate of drug-likeness (QED) is 0.756. The van der Waals surface area contributed by atoms with Crippen molar-refractivity contribution in [1.29, 1.82) is 0 Å². The number of carbonyl (C=O) groups is 2. The molecule has 5 heteroatoms. The molecule has 4 nitrogen and oxygen atoms in total. The van der Waals surface area contributed by atoms with Crippen LogP contribution in [0.4, 0.5) is 0 Å². The second-order valence-corrected chi connectivity index (χ2v) is 5.39. The maximum atomic E-state index is 11.9. The lowest BCUT2D eigenvalue weighted by Gasteiger charge is -2.06. The van der Waals surface area contributed by atoms with Crippen molar-refractivity contribution in [2.45, 2.75) is 32.6 Å². The predicted octanol–water partition coefficient (Wildman–Crippen LogP) is 3.13. The number of carboxylic acids is 1. The lowest BCUT2D eigenvalue weighted by atomic mass is 10.1. The number of carbonyl (C=O) groups excluding carboxylic acids is 1. The van der Waals surface area contributed by atoms with E-state index in [-0.39, 0.29) is 12.3 Å². The Balaban J connectivity index is 2.29. The molecule has 0 bridgehead atoms. The lowest BCUT2D eigenvalue weighted by Crippen LogP contribution is -2.24. The molecule has 1 aromatic rings. The van der Waals surface area contributed by atoms with Gasteiger partial charge in [-0.2, -0.15) is 0 Å². The molecule has 1 amide bonds. The topological polar surface area (TPSA) is 66.4 Å². The molecular weight excluding hydrogens is 310 g/mol. The third kappa shape index (κ3) is 6.38. The number of aryl methyl sites for hydroxylation is 1. The third-order valence-corrected chi connectivity index (χ3v) is 3.12. The van der Waals surface area contributed by atoms with Gasteiger partial charge in [-0.1, -0.05) is 22.4 Å². The minimum absolute atomic E-state index is 0.0948. The minimum atomic E-state index is -0.770. The van der Waals surface area contributed by atoms with Crippen LogP contribution in [-0.2, 0) is 4.79 Å². The van der Waals surface area contributed by atoms with E-state index in [9.17, 15) is 9.59 Å². The second-order valence-electron chi connectivity index (χ2n) is 4.48. The first-order valence-electron chi connectivity index (χ1n) is 6.26. The fraction of sp³-hybridized carbons (Fsp3) is 0.429. The van der Waals surface area contributed by atoms with Gasteiger partial charge in [-0.15, -0.1) is 0 Å². The first-order chi connectivity index (χ1) is 8.99. The first-order valence-corrected chi connectivity index (χ1v) is 7.05. The predicted molar refractivity (Wildman–Crippen MR) is 77.3 cm³/mol. The highest BCUT2D eigenvalue weighted by Gasteiger charge is 2.06. The zero-order valence-electron chi connectivity index (χ0n) is 10.9. The summed E-state index contributed by atoms with van der Waals surface area (Å²) in [6.45, 7) is 2.51. The van der Waals surface area contributed by atoms with Crippen molar-refractivity contribution >= 4 is 27.8 Å². The Morgan fingerprint density at radius 1 is 1.21 bits per heavy atom. The maximum Gasteiger partial charge on any atom is 0.303 e. The summed E-state index contributed by atoms with van der Waals surface area (Å²) in [4.78, 5) is 22.2. The van der Waals surface area contributed by atoms with E-state index in [2.05, 4.69) is 21.2 Å². The van der Waals surface area contributed by atoms with Crippen molar-refractivity contribution in [3.63, 3.8) is 0 Å². The summed E-state index contributed by atoms with van der Waals surface area (Å²) < 4.78 is 0.888. The number of hydrogen-bond acceptors (Lipinski definition) is 2. The van der Waals surface area contributed by atoms with E-state index < -0.39 is 5.97 Å². The van der Waals surface area contributed by atoms with Crippen molar-refractivity contribution in [2.75, 3.05) is 6.54 Å².